The normalized spacial score (nSPS) is 27.8. The molecule has 2 rings (SSSR count). The van der Waals surface area contributed by atoms with Crippen molar-refractivity contribution in [1.82, 2.24) is 5.32 Å². The Bertz CT molecular complexity index is 421. The monoisotopic (exact) mass is 307 g/mol. The van der Waals surface area contributed by atoms with Crippen LogP contribution in [0.4, 0.5) is 0 Å². The molecule has 2 heteroatoms. The van der Waals surface area contributed by atoms with Crippen LogP contribution < -0.4 is 5.32 Å². The molecule has 3 atom stereocenters. The van der Waals surface area contributed by atoms with Gasteiger partial charge < -0.3 is 5.32 Å². The number of thiophene rings is 1. The molecule has 0 aromatic carbocycles. The minimum atomic E-state index is 0.223. The van der Waals surface area contributed by atoms with Crippen molar-refractivity contribution in [3.8, 4) is 0 Å². The molecule has 21 heavy (non-hydrogen) atoms. The molecule has 1 aromatic rings. The van der Waals surface area contributed by atoms with Gasteiger partial charge in [0.2, 0.25) is 0 Å². The van der Waals surface area contributed by atoms with E-state index in [1.54, 1.807) is 4.88 Å². The first-order valence-electron chi connectivity index (χ1n) is 8.45. The van der Waals surface area contributed by atoms with E-state index in [1.807, 2.05) is 11.3 Å². The summed E-state index contributed by atoms with van der Waals surface area (Å²) in [7, 11) is 0. The van der Waals surface area contributed by atoms with E-state index < -0.39 is 0 Å². The lowest BCUT2D eigenvalue weighted by Gasteiger charge is -2.42. The van der Waals surface area contributed by atoms with Crippen molar-refractivity contribution >= 4 is 11.3 Å². The average molecular weight is 308 g/mol. The Balaban J connectivity index is 2.10. The van der Waals surface area contributed by atoms with Crippen LogP contribution in [0.3, 0.4) is 0 Å². The maximum Gasteiger partial charge on any atom is 0.00966 e. The first kappa shape index (κ1) is 17.0. The lowest BCUT2D eigenvalue weighted by molar-refractivity contribution is 0.127. The molecular formula is C19H33NS. The zero-order valence-electron chi connectivity index (χ0n) is 14.7. The smallest absolute Gasteiger partial charge is 0.00966 e. The Hall–Kier alpha value is -0.340. The summed E-state index contributed by atoms with van der Waals surface area (Å²) in [6.07, 6.45) is 4.12. The molecule has 1 fully saturated rings. The van der Waals surface area contributed by atoms with E-state index in [4.69, 9.17) is 0 Å². The Morgan fingerprint density at radius 2 is 1.86 bits per heavy atom. The molecule has 1 aliphatic rings. The van der Waals surface area contributed by atoms with Crippen molar-refractivity contribution in [2.24, 2.45) is 17.3 Å². The largest absolute Gasteiger partial charge is 0.312 e. The highest BCUT2D eigenvalue weighted by Crippen LogP contribution is 2.47. The predicted molar refractivity (Wildman–Crippen MR) is 95.1 cm³/mol. The van der Waals surface area contributed by atoms with Gasteiger partial charge in [-0.25, -0.2) is 0 Å². The summed E-state index contributed by atoms with van der Waals surface area (Å²) >= 11 is 1.95. The van der Waals surface area contributed by atoms with Crippen LogP contribution in [0.2, 0.25) is 0 Å². The molecule has 3 unspecified atom stereocenters. The number of rotatable bonds is 3. The highest BCUT2D eigenvalue weighted by atomic mass is 32.1. The molecule has 0 radical (unpaired) electrons. The minimum Gasteiger partial charge on any atom is -0.312 e. The fraction of sp³-hybridized carbons (Fsp3) is 0.789. The van der Waals surface area contributed by atoms with E-state index >= 15 is 0 Å². The quantitative estimate of drug-likeness (QED) is 0.757. The summed E-state index contributed by atoms with van der Waals surface area (Å²) in [4.78, 5) is 1.60. The Kier molecular flexibility index (Phi) is 5.20. The summed E-state index contributed by atoms with van der Waals surface area (Å²) in [5.41, 5.74) is 0.665. The third kappa shape index (κ3) is 4.82. The molecule has 1 heterocycles. The Labute approximate surface area is 135 Å². The molecule has 0 aliphatic heterocycles. The van der Waals surface area contributed by atoms with Crippen molar-refractivity contribution < 1.29 is 0 Å². The van der Waals surface area contributed by atoms with Crippen LogP contribution in [0.5, 0.6) is 0 Å². The first-order chi connectivity index (χ1) is 9.67. The lowest BCUT2D eigenvalue weighted by Crippen LogP contribution is -2.42. The zero-order chi connectivity index (χ0) is 15.7. The van der Waals surface area contributed by atoms with Gasteiger partial charge in [0.1, 0.15) is 0 Å². The van der Waals surface area contributed by atoms with Crippen LogP contribution in [-0.4, -0.2) is 12.1 Å². The summed E-state index contributed by atoms with van der Waals surface area (Å²) in [5.74, 6) is 2.40. The van der Waals surface area contributed by atoms with Crippen LogP contribution in [0.15, 0.2) is 17.5 Å². The van der Waals surface area contributed by atoms with Crippen molar-refractivity contribution in [2.45, 2.75) is 72.3 Å². The van der Waals surface area contributed by atoms with Gasteiger partial charge in [-0.05, 0) is 81.2 Å². The molecule has 0 bridgehead atoms. The fourth-order valence-electron chi connectivity index (χ4n) is 3.55. The van der Waals surface area contributed by atoms with Gasteiger partial charge in [-0.1, -0.05) is 26.8 Å². The Morgan fingerprint density at radius 3 is 2.38 bits per heavy atom. The molecule has 1 nitrogen and oxygen atoms in total. The fourth-order valence-corrected chi connectivity index (χ4v) is 4.49. The third-order valence-corrected chi connectivity index (χ3v) is 6.03. The van der Waals surface area contributed by atoms with Gasteiger partial charge in [-0.15, -0.1) is 11.3 Å². The second-order valence-corrected chi connectivity index (χ2v) is 9.87. The van der Waals surface area contributed by atoms with Gasteiger partial charge in [0, 0.05) is 10.4 Å². The maximum atomic E-state index is 3.74. The predicted octanol–water partition coefficient (Wildman–Crippen LogP) is 5.68. The molecule has 1 saturated carbocycles. The minimum absolute atomic E-state index is 0.223. The van der Waals surface area contributed by atoms with Crippen LogP contribution in [0.25, 0.3) is 0 Å². The number of nitrogens with one attached hydrogen (secondary N) is 1. The summed E-state index contributed by atoms with van der Waals surface area (Å²) in [6.45, 7) is 15.2. The zero-order valence-corrected chi connectivity index (χ0v) is 15.5. The van der Waals surface area contributed by atoms with Gasteiger partial charge in [0.25, 0.3) is 0 Å². The lowest BCUT2D eigenvalue weighted by atomic mass is 9.65. The van der Waals surface area contributed by atoms with Crippen molar-refractivity contribution in [2.75, 3.05) is 6.54 Å². The second kappa shape index (κ2) is 6.42. The van der Waals surface area contributed by atoms with Crippen LogP contribution >= 0.6 is 11.3 Å². The van der Waals surface area contributed by atoms with Crippen molar-refractivity contribution in [3.63, 3.8) is 0 Å². The first-order valence-corrected chi connectivity index (χ1v) is 9.33. The van der Waals surface area contributed by atoms with Gasteiger partial charge in [-0.2, -0.15) is 0 Å². The van der Waals surface area contributed by atoms with Gasteiger partial charge in [0.05, 0.1) is 0 Å². The average Bonchev–Trinajstić information content (AvgIpc) is 2.87. The van der Waals surface area contributed by atoms with Gasteiger partial charge in [0.15, 0.2) is 0 Å². The summed E-state index contributed by atoms with van der Waals surface area (Å²) in [6, 6.07) is 4.57. The Morgan fingerprint density at radius 1 is 1.14 bits per heavy atom. The van der Waals surface area contributed by atoms with E-state index in [0.717, 1.165) is 24.3 Å². The topological polar surface area (TPSA) is 12.0 Å². The van der Waals surface area contributed by atoms with Gasteiger partial charge in [-0.3, -0.25) is 0 Å². The molecule has 1 N–H and O–H groups in total. The SMILES string of the molecule is CC(C)(C)NCC1CCC(C(C)(C)C)CC1c1cccs1. The van der Waals surface area contributed by atoms with E-state index in [2.05, 4.69) is 64.4 Å². The number of hydrogen-bond donors (Lipinski definition) is 1. The molecular weight excluding hydrogens is 274 g/mol. The van der Waals surface area contributed by atoms with E-state index in [-0.39, 0.29) is 5.54 Å². The molecule has 0 amide bonds. The standard InChI is InChI=1S/C19H33NS/c1-18(2,3)15-10-9-14(13-20-19(4,5)6)16(12-15)17-8-7-11-21-17/h7-8,11,14-16,20H,9-10,12-13H2,1-6H3. The summed E-state index contributed by atoms with van der Waals surface area (Å²) in [5, 5.41) is 5.98. The van der Waals surface area contributed by atoms with E-state index in [0.29, 0.717) is 5.41 Å². The van der Waals surface area contributed by atoms with Crippen LogP contribution in [0.1, 0.15) is 71.6 Å². The van der Waals surface area contributed by atoms with Gasteiger partial charge >= 0.3 is 0 Å². The molecule has 0 saturated heterocycles. The molecule has 120 valence electrons. The van der Waals surface area contributed by atoms with Crippen LogP contribution in [-0.2, 0) is 0 Å². The summed E-state index contributed by atoms with van der Waals surface area (Å²) < 4.78 is 0. The molecule has 1 aromatic heterocycles. The van der Waals surface area contributed by atoms with E-state index in [1.165, 1.54) is 19.3 Å². The molecule has 1 aliphatic carbocycles. The van der Waals surface area contributed by atoms with Crippen molar-refractivity contribution in [1.29, 1.82) is 0 Å². The second-order valence-electron chi connectivity index (χ2n) is 8.89. The highest BCUT2D eigenvalue weighted by molar-refractivity contribution is 7.10. The maximum absolute atomic E-state index is 3.74. The van der Waals surface area contributed by atoms with E-state index in [9.17, 15) is 0 Å². The van der Waals surface area contributed by atoms with Crippen molar-refractivity contribution in [3.05, 3.63) is 22.4 Å². The van der Waals surface area contributed by atoms with Crippen LogP contribution in [0, 0.1) is 17.3 Å². The number of hydrogen-bond acceptors (Lipinski definition) is 2. The molecule has 0 spiro atoms. The highest BCUT2D eigenvalue weighted by Gasteiger charge is 2.37. The third-order valence-electron chi connectivity index (χ3n) is 5.02.